The van der Waals surface area contributed by atoms with Gasteiger partial charge in [0.1, 0.15) is 24.1 Å². The van der Waals surface area contributed by atoms with Gasteiger partial charge in [-0.1, -0.05) is 0 Å². The monoisotopic (exact) mass is 381 g/mol. The zero-order valence-corrected chi connectivity index (χ0v) is 12.5. The summed E-state index contributed by atoms with van der Waals surface area (Å²) >= 11 is 5.40. The molecule has 2 atom stereocenters. The molecule has 0 radical (unpaired) electrons. The van der Waals surface area contributed by atoms with Gasteiger partial charge in [-0.2, -0.15) is 26.3 Å². The van der Waals surface area contributed by atoms with E-state index < -0.39 is 53.7 Å². The van der Waals surface area contributed by atoms with Gasteiger partial charge in [-0.25, -0.2) is 14.8 Å². The molecular weight excluding hydrogens is 372 g/mol. The van der Waals surface area contributed by atoms with E-state index in [1.54, 1.807) is 0 Å². The molecule has 1 heterocycles. The van der Waals surface area contributed by atoms with E-state index in [9.17, 15) is 36.2 Å². The third-order valence-corrected chi connectivity index (χ3v) is 2.81. The van der Waals surface area contributed by atoms with Gasteiger partial charge in [-0.3, -0.25) is 0 Å². The zero-order valence-electron chi connectivity index (χ0n) is 11.7. The smallest absolute Gasteiger partial charge is 0.456 e. The number of rotatable bonds is 5. The van der Waals surface area contributed by atoms with Crippen LogP contribution in [0.25, 0.3) is 0 Å². The highest BCUT2D eigenvalue weighted by atomic mass is 35.5. The summed E-state index contributed by atoms with van der Waals surface area (Å²) in [5.74, 6) is -3.31. The summed E-state index contributed by atoms with van der Waals surface area (Å²) in [6.07, 6.45) is -11.4. The molecule has 0 fully saturated rings. The molecule has 2 N–H and O–H groups in total. The Morgan fingerprint density at radius 3 is 2.46 bits per heavy atom. The van der Waals surface area contributed by atoms with Crippen molar-refractivity contribution in [3.63, 3.8) is 0 Å². The van der Waals surface area contributed by atoms with Crippen LogP contribution in [0.5, 0.6) is 0 Å². The van der Waals surface area contributed by atoms with Crippen molar-refractivity contribution in [2.24, 2.45) is 0 Å². The van der Waals surface area contributed by atoms with Gasteiger partial charge in [0.25, 0.3) is 0 Å². The summed E-state index contributed by atoms with van der Waals surface area (Å²) in [4.78, 5) is 17.0. The summed E-state index contributed by atoms with van der Waals surface area (Å²) in [5, 5.41) is 11.2. The zero-order chi connectivity index (χ0) is 18.7. The summed E-state index contributed by atoms with van der Waals surface area (Å²) in [6.45, 7) is 0.0505. The number of hydrogen-bond acceptors (Lipinski definition) is 6. The van der Waals surface area contributed by atoms with E-state index in [-0.39, 0.29) is 0 Å². The lowest BCUT2D eigenvalue weighted by Gasteiger charge is -2.22. The Kier molecular flexibility index (Phi) is 6.22. The third-order valence-electron chi connectivity index (χ3n) is 2.62. The number of aromatic nitrogens is 2. The Morgan fingerprint density at radius 1 is 1.38 bits per heavy atom. The third kappa shape index (κ3) is 5.67. The molecular formula is C11H10ClF6N3O3. The average Bonchev–Trinajstić information content (AvgIpc) is 2.41. The molecule has 0 unspecified atom stereocenters. The molecule has 24 heavy (non-hydrogen) atoms. The fourth-order valence-electron chi connectivity index (χ4n) is 1.38. The number of halogens is 7. The second-order valence-corrected chi connectivity index (χ2v) is 4.83. The Hall–Kier alpha value is -1.82. The van der Waals surface area contributed by atoms with Gasteiger partial charge in [-0.15, -0.1) is 0 Å². The standard InChI is InChI=1S/C11H10ClF6N3O3/c1-4(6(22)3-24-8(23)11(16,17)18)20-7-5(10(13,14)15)2-19-9(12)21-7/h2,4,6,22H,3H2,1H3,(H,19,20,21)/t4-,6+/m1/s1. The molecule has 0 aliphatic heterocycles. The first kappa shape index (κ1) is 20.2. The molecule has 1 aromatic rings. The molecule has 0 bridgehead atoms. The lowest BCUT2D eigenvalue weighted by molar-refractivity contribution is -0.202. The van der Waals surface area contributed by atoms with Gasteiger partial charge in [-0.05, 0) is 18.5 Å². The van der Waals surface area contributed by atoms with Crippen molar-refractivity contribution in [2.45, 2.75) is 31.4 Å². The highest BCUT2D eigenvalue weighted by Gasteiger charge is 2.41. The van der Waals surface area contributed by atoms with E-state index in [4.69, 9.17) is 11.6 Å². The minimum atomic E-state index is -5.25. The second-order valence-electron chi connectivity index (χ2n) is 4.50. The number of alkyl halides is 6. The van der Waals surface area contributed by atoms with Crippen LogP contribution in [0.15, 0.2) is 6.20 Å². The number of ether oxygens (including phenoxy) is 1. The molecule has 136 valence electrons. The lowest BCUT2D eigenvalue weighted by Crippen LogP contribution is -2.38. The van der Waals surface area contributed by atoms with Gasteiger partial charge in [0.15, 0.2) is 0 Å². The number of carbonyl (C=O) groups excluding carboxylic acids is 1. The van der Waals surface area contributed by atoms with Crippen LogP contribution < -0.4 is 5.32 Å². The van der Waals surface area contributed by atoms with E-state index in [0.717, 1.165) is 6.92 Å². The van der Waals surface area contributed by atoms with Crippen LogP contribution in [-0.4, -0.2) is 46.0 Å². The maximum Gasteiger partial charge on any atom is 0.490 e. The fraction of sp³-hybridized carbons (Fsp3) is 0.545. The predicted molar refractivity (Wildman–Crippen MR) is 68.1 cm³/mol. The highest BCUT2D eigenvalue weighted by molar-refractivity contribution is 6.28. The summed E-state index contributed by atoms with van der Waals surface area (Å²) in [5.41, 5.74) is -1.29. The van der Waals surface area contributed by atoms with Gasteiger partial charge in [0.05, 0.1) is 6.04 Å². The molecule has 0 saturated carbocycles. The van der Waals surface area contributed by atoms with E-state index >= 15 is 0 Å². The Balaban J connectivity index is 2.79. The predicted octanol–water partition coefficient (Wildman–Crippen LogP) is 2.42. The van der Waals surface area contributed by atoms with E-state index in [1.807, 2.05) is 0 Å². The van der Waals surface area contributed by atoms with Crippen molar-refractivity contribution < 1.29 is 41.0 Å². The first-order valence-electron chi connectivity index (χ1n) is 6.10. The number of anilines is 1. The number of nitrogens with one attached hydrogen (secondary N) is 1. The van der Waals surface area contributed by atoms with E-state index in [0.29, 0.717) is 6.20 Å². The van der Waals surface area contributed by atoms with Gasteiger partial charge < -0.3 is 15.2 Å². The number of hydrogen-bond donors (Lipinski definition) is 2. The van der Waals surface area contributed by atoms with E-state index in [1.165, 1.54) is 0 Å². The highest BCUT2D eigenvalue weighted by Crippen LogP contribution is 2.34. The number of aliphatic hydroxyl groups excluding tert-OH is 1. The van der Waals surface area contributed by atoms with E-state index in [2.05, 4.69) is 20.0 Å². The maximum absolute atomic E-state index is 12.8. The lowest BCUT2D eigenvalue weighted by atomic mass is 10.2. The van der Waals surface area contributed by atoms with Crippen molar-refractivity contribution in [3.8, 4) is 0 Å². The second kappa shape index (κ2) is 7.38. The molecule has 1 aromatic heterocycles. The van der Waals surface area contributed by atoms with Crippen LogP contribution >= 0.6 is 11.6 Å². The van der Waals surface area contributed by atoms with Crippen LogP contribution in [0.1, 0.15) is 12.5 Å². The van der Waals surface area contributed by atoms with Crippen LogP contribution in [0.4, 0.5) is 32.2 Å². The Morgan fingerprint density at radius 2 is 1.96 bits per heavy atom. The minimum absolute atomic E-state index is 0.403. The first-order valence-corrected chi connectivity index (χ1v) is 6.48. The van der Waals surface area contributed by atoms with Gasteiger partial charge in [0.2, 0.25) is 5.28 Å². The molecule has 0 saturated heterocycles. The van der Waals surface area contributed by atoms with Crippen molar-refractivity contribution in [3.05, 3.63) is 17.0 Å². The summed E-state index contributed by atoms with van der Waals surface area (Å²) in [7, 11) is 0. The maximum atomic E-state index is 12.8. The molecule has 13 heteroatoms. The van der Waals surface area contributed by atoms with Gasteiger partial charge >= 0.3 is 18.3 Å². The first-order chi connectivity index (χ1) is 10.8. The van der Waals surface area contributed by atoms with Crippen molar-refractivity contribution in [1.29, 1.82) is 0 Å². The molecule has 0 aromatic carbocycles. The Bertz CT molecular complexity index is 595. The molecule has 0 spiro atoms. The number of esters is 1. The van der Waals surface area contributed by atoms with Crippen LogP contribution in [0, 0.1) is 0 Å². The van der Waals surface area contributed by atoms with Crippen molar-refractivity contribution >= 4 is 23.4 Å². The summed E-state index contributed by atoms with van der Waals surface area (Å²) < 4.78 is 78.0. The Labute approximate surface area is 135 Å². The SMILES string of the molecule is C[C@@H](Nc1nc(Cl)ncc1C(F)(F)F)[C@@H](O)COC(=O)C(F)(F)F. The van der Waals surface area contributed by atoms with Crippen LogP contribution in [0.3, 0.4) is 0 Å². The van der Waals surface area contributed by atoms with Crippen LogP contribution in [-0.2, 0) is 15.7 Å². The average molecular weight is 382 g/mol. The molecule has 6 nitrogen and oxygen atoms in total. The number of carbonyl (C=O) groups is 1. The molecule has 0 amide bonds. The normalized spacial score (nSPS) is 14.9. The summed E-state index contributed by atoms with van der Waals surface area (Å²) in [6, 6.07) is -1.25. The largest absolute Gasteiger partial charge is 0.490 e. The quantitative estimate of drug-likeness (QED) is 0.463. The number of aliphatic hydroxyl groups is 1. The molecule has 0 aliphatic carbocycles. The molecule has 0 aliphatic rings. The topological polar surface area (TPSA) is 84.3 Å². The van der Waals surface area contributed by atoms with Crippen LogP contribution in [0.2, 0.25) is 5.28 Å². The number of nitrogens with zero attached hydrogens (tertiary/aromatic N) is 2. The van der Waals surface area contributed by atoms with Crippen molar-refractivity contribution in [2.75, 3.05) is 11.9 Å². The fourth-order valence-corrected chi connectivity index (χ4v) is 1.51. The van der Waals surface area contributed by atoms with Gasteiger partial charge in [0, 0.05) is 6.20 Å². The van der Waals surface area contributed by atoms with Crippen molar-refractivity contribution in [1.82, 2.24) is 9.97 Å². The minimum Gasteiger partial charge on any atom is -0.456 e. The molecule has 1 rings (SSSR count).